The van der Waals surface area contributed by atoms with Crippen LogP contribution in [0.5, 0.6) is 0 Å². The molecule has 0 spiro atoms. The fourth-order valence-corrected chi connectivity index (χ4v) is 2.67. The van der Waals surface area contributed by atoms with Gasteiger partial charge in [-0.15, -0.1) is 0 Å². The third-order valence-corrected chi connectivity index (χ3v) is 4.34. The maximum absolute atomic E-state index is 12.2. The number of carbonyl (C=O) groups excluding carboxylic acids is 2. The van der Waals surface area contributed by atoms with Gasteiger partial charge in [-0.2, -0.15) is 0 Å². The van der Waals surface area contributed by atoms with Crippen LogP contribution in [-0.4, -0.2) is 29.8 Å². The average Bonchev–Trinajstić information content (AvgIpc) is 2.56. The smallest absolute Gasteiger partial charge is 0.251 e. The molecule has 2 amide bonds. The Morgan fingerprint density at radius 3 is 2.40 bits per heavy atom. The van der Waals surface area contributed by atoms with Gasteiger partial charge in [-0.25, -0.2) is 0 Å². The van der Waals surface area contributed by atoms with E-state index in [0.717, 1.165) is 16.7 Å². The SMILES string of the molecule is CC(=O)N(CCNC(=O)c1ccc(C)c(C)c1)Cc1cccc(C)c1. The number of hydrogen-bond acceptors (Lipinski definition) is 2. The van der Waals surface area contributed by atoms with Crippen LogP contribution >= 0.6 is 0 Å². The first-order valence-electron chi connectivity index (χ1n) is 8.53. The number of rotatable bonds is 6. The van der Waals surface area contributed by atoms with Crippen molar-refractivity contribution in [2.24, 2.45) is 0 Å². The largest absolute Gasteiger partial charge is 0.350 e. The van der Waals surface area contributed by atoms with Gasteiger partial charge in [0.15, 0.2) is 0 Å². The minimum absolute atomic E-state index is 0.00179. The first-order valence-corrected chi connectivity index (χ1v) is 8.53. The lowest BCUT2D eigenvalue weighted by atomic mass is 10.1. The Labute approximate surface area is 149 Å². The standard InChI is InChI=1S/C21H26N2O2/c1-15-6-5-7-19(12-15)14-23(18(4)24)11-10-22-21(25)20-9-8-16(2)17(3)13-20/h5-9,12-13H,10-11,14H2,1-4H3,(H,22,25). The van der Waals surface area contributed by atoms with Crippen LogP contribution in [-0.2, 0) is 11.3 Å². The molecule has 0 saturated carbocycles. The molecule has 2 rings (SSSR count). The Morgan fingerprint density at radius 1 is 1.00 bits per heavy atom. The molecule has 1 N–H and O–H groups in total. The highest BCUT2D eigenvalue weighted by Crippen LogP contribution is 2.10. The average molecular weight is 338 g/mol. The monoisotopic (exact) mass is 338 g/mol. The van der Waals surface area contributed by atoms with Crippen LogP contribution in [0.4, 0.5) is 0 Å². The fraction of sp³-hybridized carbons (Fsp3) is 0.333. The zero-order chi connectivity index (χ0) is 18.4. The first kappa shape index (κ1) is 18.7. The van der Waals surface area contributed by atoms with Gasteiger partial charge in [-0.05, 0) is 49.6 Å². The summed E-state index contributed by atoms with van der Waals surface area (Å²) in [6, 6.07) is 13.8. The molecule has 0 atom stereocenters. The van der Waals surface area contributed by atoms with Crippen molar-refractivity contribution in [3.8, 4) is 0 Å². The van der Waals surface area contributed by atoms with Crippen molar-refractivity contribution in [1.29, 1.82) is 0 Å². The highest BCUT2D eigenvalue weighted by molar-refractivity contribution is 5.94. The van der Waals surface area contributed by atoms with Crippen LogP contribution in [0.25, 0.3) is 0 Å². The molecule has 0 aliphatic heterocycles. The molecular formula is C21H26N2O2. The number of nitrogens with one attached hydrogen (secondary N) is 1. The van der Waals surface area contributed by atoms with Gasteiger partial charge in [-0.3, -0.25) is 9.59 Å². The summed E-state index contributed by atoms with van der Waals surface area (Å²) in [5, 5.41) is 2.90. The van der Waals surface area contributed by atoms with Crippen LogP contribution in [0.3, 0.4) is 0 Å². The number of nitrogens with zero attached hydrogens (tertiary/aromatic N) is 1. The van der Waals surface area contributed by atoms with Crippen LogP contribution < -0.4 is 5.32 Å². The van der Waals surface area contributed by atoms with E-state index in [4.69, 9.17) is 0 Å². The van der Waals surface area contributed by atoms with Crippen molar-refractivity contribution in [2.45, 2.75) is 34.2 Å². The van der Waals surface area contributed by atoms with Gasteiger partial charge in [0, 0.05) is 32.1 Å². The molecule has 0 bridgehead atoms. The van der Waals surface area contributed by atoms with E-state index in [0.29, 0.717) is 25.2 Å². The number of aryl methyl sites for hydroxylation is 3. The van der Waals surface area contributed by atoms with Crippen LogP contribution in [0, 0.1) is 20.8 Å². The molecule has 0 unspecified atom stereocenters. The summed E-state index contributed by atoms with van der Waals surface area (Å²) in [4.78, 5) is 25.9. The molecule has 4 nitrogen and oxygen atoms in total. The van der Waals surface area contributed by atoms with Crippen LogP contribution in [0.2, 0.25) is 0 Å². The van der Waals surface area contributed by atoms with E-state index in [9.17, 15) is 9.59 Å². The minimum atomic E-state index is -0.109. The summed E-state index contributed by atoms with van der Waals surface area (Å²) in [5.41, 5.74) is 5.17. The number of amides is 2. The van der Waals surface area contributed by atoms with Gasteiger partial charge < -0.3 is 10.2 Å². The molecule has 0 aromatic heterocycles. The Hall–Kier alpha value is -2.62. The van der Waals surface area contributed by atoms with Gasteiger partial charge in [0.2, 0.25) is 5.91 Å². The van der Waals surface area contributed by atoms with E-state index < -0.39 is 0 Å². The predicted octanol–water partition coefficient (Wildman–Crippen LogP) is 3.39. The van der Waals surface area contributed by atoms with Crippen molar-refractivity contribution >= 4 is 11.8 Å². The van der Waals surface area contributed by atoms with E-state index in [1.165, 1.54) is 5.56 Å². The molecule has 0 aliphatic carbocycles. The first-order chi connectivity index (χ1) is 11.9. The molecular weight excluding hydrogens is 312 g/mol. The second kappa shape index (κ2) is 8.47. The lowest BCUT2D eigenvalue weighted by molar-refractivity contribution is -0.129. The number of benzene rings is 2. The summed E-state index contributed by atoms with van der Waals surface area (Å²) < 4.78 is 0. The van der Waals surface area contributed by atoms with Crippen LogP contribution in [0.15, 0.2) is 42.5 Å². The van der Waals surface area contributed by atoms with Crippen molar-refractivity contribution in [2.75, 3.05) is 13.1 Å². The van der Waals surface area contributed by atoms with Gasteiger partial charge in [0.25, 0.3) is 5.91 Å². The van der Waals surface area contributed by atoms with Crippen molar-refractivity contribution in [3.63, 3.8) is 0 Å². The number of carbonyl (C=O) groups is 2. The normalized spacial score (nSPS) is 10.4. The molecule has 0 fully saturated rings. The number of hydrogen-bond donors (Lipinski definition) is 1. The Kier molecular flexibility index (Phi) is 6.34. The zero-order valence-electron chi connectivity index (χ0n) is 15.4. The van der Waals surface area contributed by atoms with Crippen molar-refractivity contribution in [3.05, 3.63) is 70.3 Å². The topological polar surface area (TPSA) is 49.4 Å². The van der Waals surface area contributed by atoms with E-state index in [-0.39, 0.29) is 11.8 Å². The molecule has 2 aromatic rings. The summed E-state index contributed by atoms with van der Waals surface area (Å²) >= 11 is 0. The van der Waals surface area contributed by atoms with Gasteiger partial charge in [0.05, 0.1) is 0 Å². The summed E-state index contributed by atoms with van der Waals surface area (Å²) in [5.74, 6) is -0.107. The summed E-state index contributed by atoms with van der Waals surface area (Å²) in [6.07, 6.45) is 0. The summed E-state index contributed by atoms with van der Waals surface area (Å²) in [6.45, 7) is 9.07. The third kappa shape index (κ3) is 5.45. The molecule has 25 heavy (non-hydrogen) atoms. The second-order valence-corrected chi connectivity index (χ2v) is 6.48. The molecule has 132 valence electrons. The van der Waals surface area contributed by atoms with Gasteiger partial charge >= 0.3 is 0 Å². The van der Waals surface area contributed by atoms with E-state index in [1.807, 2.05) is 57.2 Å². The molecule has 0 radical (unpaired) electrons. The fourth-order valence-electron chi connectivity index (χ4n) is 2.67. The van der Waals surface area contributed by atoms with E-state index in [2.05, 4.69) is 11.4 Å². The minimum Gasteiger partial charge on any atom is -0.350 e. The van der Waals surface area contributed by atoms with Gasteiger partial charge in [0.1, 0.15) is 0 Å². The second-order valence-electron chi connectivity index (χ2n) is 6.48. The third-order valence-electron chi connectivity index (χ3n) is 4.34. The van der Waals surface area contributed by atoms with Crippen molar-refractivity contribution < 1.29 is 9.59 Å². The molecule has 0 saturated heterocycles. The highest BCUT2D eigenvalue weighted by atomic mass is 16.2. The van der Waals surface area contributed by atoms with Crippen LogP contribution in [0.1, 0.15) is 39.5 Å². The maximum atomic E-state index is 12.2. The Balaban J connectivity index is 1.91. The quantitative estimate of drug-likeness (QED) is 0.878. The lowest BCUT2D eigenvalue weighted by Gasteiger charge is -2.21. The van der Waals surface area contributed by atoms with E-state index >= 15 is 0 Å². The summed E-state index contributed by atoms with van der Waals surface area (Å²) in [7, 11) is 0. The molecule has 0 aliphatic rings. The zero-order valence-corrected chi connectivity index (χ0v) is 15.4. The Bertz CT molecular complexity index is 768. The maximum Gasteiger partial charge on any atom is 0.251 e. The van der Waals surface area contributed by atoms with Crippen molar-refractivity contribution in [1.82, 2.24) is 10.2 Å². The molecule has 4 heteroatoms. The van der Waals surface area contributed by atoms with Gasteiger partial charge in [-0.1, -0.05) is 35.9 Å². The predicted molar refractivity (Wildman–Crippen MR) is 101 cm³/mol. The molecule has 2 aromatic carbocycles. The highest BCUT2D eigenvalue weighted by Gasteiger charge is 2.11. The molecule has 0 heterocycles. The Morgan fingerprint density at radius 2 is 1.76 bits per heavy atom. The van der Waals surface area contributed by atoms with E-state index in [1.54, 1.807) is 11.8 Å². The lowest BCUT2D eigenvalue weighted by Crippen LogP contribution is -2.37.